The van der Waals surface area contributed by atoms with Gasteiger partial charge in [0.15, 0.2) is 11.2 Å². The van der Waals surface area contributed by atoms with Gasteiger partial charge in [-0.2, -0.15) is 8.42 Å². The lowest BCUT2D eigenvalue weighted by molar-refractivity contribution is -0.282. The van der Waals surface area contributed by atoms with E-state index in [4.69, 9.17) is 53.2 Å². The third kappa shape index (κ3) is 5.61. The van der Waals surface area contributed by atoms with Gasteiger partial charge >= 0.3 is 19.2 Å². The normalized spacial score (nSPS) is 20.6. The molecule has 0 aromatic carbocycles. The fourth-order valence-corrected chi connectivity index (χ4v) is 2.51. The van der Waals surface area contributed by atoms with Gasteiger partial charge in [0, 0.05) is 0 Å². The molecule has 25 heavy (non-hydrogen) atoms. The molecule has 0 atom stereocenters. The maximum atomic E-state index is 12.7. The van der Waals surface area contributed by atoms with E-state index < -0.39 is 41.8 Å². The van der Waals surface area contributed by atoms with Gasteiger partial charge < -0.3 is 18.4 Å². The Morgan fingerprint density at radius 3 is 1.92 bits per heavy atom. The van der Waals surface area contributed by atoms with E-state index in [0.29, 0.717) is 0 Å². The Hall–Kier alpha value is -0.250. The van der Waals surface area contributed by atoms with E-state index >= 15 is 0 Å². The minimum Gasteiger partial charge on any atom is -0.459 e. The highest BCUT2D eigenvalue weighted by atomic mass is 35.6. The molecule has 0 unspecified atom stereocenters. The summed E-state index contributed by atoms with van der Waals surface area (Å²) in [7, 11) is -4.71. The summed E-state index contributed by atoms with van der Waals surface area (Å²) in [6.07, 6.45) is 0. The number of esters is 1. The number of carbonyl (C=O) groups is 1. The molecule has 0 aromatic rings. The van der Waals surface area contributed by atoms with Crippen LogP contribution in [0, 0.1) is 5.41 Å². The average molecular weight is 440 g/mol. The second kappa shape index (κ2) is 7.05. The fraction of sp³-hybridized carbons (Fsp3) is 0.786. The molecule has 0 amide bonds. The molecule has 1 aliphatic rings. The van der Waals surface area contributed by atoms with Gasteiger partial charge in [0.25, 0.3) is 0 Å². The summed E-state index contributed by atoms with van der Waals surface area (Å²) >= 11 is 16.1. The SMILES string of the molecule is C=C(OS(=O)(=O)C(Cl)(Cl)Cl)C1(C(=O)OC(C)(C)C)COC(C)(C)OC1. The number of ether oxygens (including phenoxy) is 3. The van der Waals surface area contributed by atoms with E-state index in [1.54, 1.807) is 34.6 Å². The minimum absolute atomic E-state index is 0.289. The first kappa shape index (κ1) is 22.8. The van der Waals surface area contributed by atoms with Crippen molar-refractivity contribution in [2.45, 2.75) is 49.1 Å². The largest absolute Gasteiger partial charge is 0.459 e. The number of carbonyl (C=O) groups excluding carboxylic acids is 1. The highest BCUT2D eigenvalue weighted by Gasteiger charge is 2.54. The highest BCUT2D eigenvalue weighted by molar-refractivity contribution is 7.93. The van der Waals surface area contributed by atoms with Gasteiger partial charge in [-0.15, -0.1) is 0 Å². The molecule has 0 N–H and O–H groups in total. The van der Waals surface area contributed by atoms with Crippen LogP contribution in [0.3, 0.4) is 0 Å². The number of halogens is 3. The Morgan fingerprint density at radius 1 is 1.12 bits per heavy atom. The molecule has 146 valence electrons. The van der Waals surface area contributed by atoms with Crippen LogP contribution in [0.25, 0.3) is 0 Å². The zero-order valence-electron chi connectivity index (χ0n) is 14.5. The third-order valence-corrected chi connectivity index (χ3v) is 5.84. The monoisotopic (exact) mass is 438 g/mol. The van der Waals surface area contributed by atoms with Gasteiger partial charge in [-0.25, -0.2) is 0 Å². The Labute approximate surface area is 162 Å². The predicted molar refractivity (Wildman–Crippen MR) is 93.7 cm³/mol. The molecule has 0 radical (unpaired) electrons. The van der Waals surface area contributed by atoms with Crippen molar-refractivity contribution in [2.24, 2.45) is 5.41 Å². The first-order valence-electron chi connectivity index (χ1n) is 7.13. The van der Waals surface area contributed by atoms with Crippen LogP contribution in [0.1, 0.15) is 34.6 Å². The molecule has 0 aliphatic carbocycles. The summed E-state index contributed by atoms with van der Waals surface area (Å²) in [4.78, 5) is 12.7. The summed E-state index contributed by atoms with van der Waals surface area (Å²) in [5.41, 5.74) is -2.60. The topological polar surface area (TPSA) is 88.1 Å². The van der Waals surface area contributed by atoms with Gasteiger partial charge in [-0.1, -0.05) is 41.4 Å². The summed E-state index contributed by atoms with van der Waals surface area (Å²) in [5.74, 6) is -2.34. The Balaban J connectivity index is 3.20. The van der Waals surface area contributed by atoms with Crippen LogP contribution in [0.4, 0.5) is 0 Å². The van der Waals surface area contributed by atoms with Crippen LogP contribution in [-0.2, 0) is 33.3 Å². The van der Waals surface area contributed by atoms with E-state index in [1.807, 2.05) is 0 Å². The zero-order chi connectivity index (χ0) is 19.9. The van der Waals surface area contributed by atoms with Crippen molar-refractivity contribution in [2.75, 3.05) is 13.2 Å². The zero-order valence-corrected chi connectivity index (χ0v) is 17.6. The van der Waals surface area contributed by atoms with Crippen molar-refractivity contribution in [1.82, 2.24) is 0 Å². The van der Waals surface area contributed by atoms with Gasteiger partial charge in [-0.05, 0) is 34.6 Å². The lowest BCUT2D eigenvalue weighted by Gasteiger charge is -2.42. The highest BCUT2D eigenvalue weighted by Crippen LogP contribution is 2.42. The quantitative estimate of drug-likeness (QED) is 0.287. The average Bonchev–Trinajstić information content (AvgIpc) is 2.34. The summed E-state index contributed by atoms with van der Waals surface area (Å²) in [5, 5.41) is 0. The molecular formula is C14H21Cl3O7S. The number of hydrogen-bond donors (Lipinski definition) is 0. The van der Waals surface area contributed by atoms with Crippen LogP contribution in [0.15, 0.2) is 12.3 Å². The molecule has 1 fully saturated rings. The molecular weight excluding hydrogens is 419 g/mol. The minimum atomic E-state index is -4.71. The van der Waals surface area contributed by atoms with Crippen LogP contribution >= 0.6 is 34.8 Å². The van der Waals surface area contributed by atoms with Gasteiger partial charge in [0.05, 0.1) is 13.2 Å². The molecule has 0 bridgehead atoms. The standard InChI is InChI=1S/C14H21Cl3O7S/c1-9(24-25(19,20)14(15,16)17)13(10(18)23-11(2,3)4)7-21-12(5,6)22-8-13/h1,7-8H2,2-6H3. The van der Waals surface area contributed by atoms with Crippen LogP contribution in [0.5, 0.6) is 0 Å². The molecule has 0 aromatic heterocycles. The number of alkyl halides is 3. The van der Waals surface area contributed by atoms with Crippen molar-refractivity contribution in [3.8, 4) is 0 Å². The van der Waals surface area contributed by atoms with E-state index in [1.165, 1.54) is 0 Å². The second-order valence-electron chi connectivity index (χ2n) is 6.97. The van der Waals surface area contributed by atoms with Gasteiger partial charge in [-0.3, -0.25) is 4.79 Å². The van der Waals surface area contributed by atoms with Crippen molar-refractivity contribution >= 4 is 50.9 Å². The van der Waals surface area contributed by atoms with Gasteiger partial charge in [0.1, 0.15) is 11.4 Å². The van der Waals surface area contributed by atoms with E-state index in [9.17, 15) is 13.2 Å². The molecule has 1 saturated heterocycles. The van der Waals surface area contributed by atoms with Crippen molar-refractivity contribution in [1.29, 1.82) is 0 Å². The van der Waals surface area contributed by atoms with E-state index in [2.05, 4.69) is 6.58 Å². The van der Waals surface area contributed by atoms with Crippen molar-refractivity contribution in [3.05, 3.63) is 12.3 Å². The Kier molecular flexibility index (Phi) is 6.43. The van der Waals surface area contributed by atoms with Crippen LogP contribution < -0.4 is 0 Å². The lowest BCUT2D eigenvalue weighted by Crippen LogP contribution is -2.54. The maximum absolute atomic E-state index is 12.7. The smallest absolute Gasteiger partial charge is 0.358 e. The molecule has 1 heterocycles. The summed E-state index contributed by atoms with van der Waals surface area (Å²) < 4.78 is 42.2. The fourth-order valence-electron chi connectivity index (χ4n) is 1.71. The second-order valence-corrected chi connectivity index (χ2v) is 11.6. The van der Waals surface area contributed by atoms with Crippen LogP contribution in [0.2, 0.25) is 0 Å². The first-order chi connectivity index (χ1) is 10.9. The van der Waals surface area contributed by atoms with Crippen molar-refractivity contribution in [3.63, 3.8) is 0 Å². The van der Waals surface area contributed by atoms with E-state index in [0.717, 1.165) is 0 Å². The first-order valence-corrected chi connectivity index (χ1v) is 9.68. The predicted octanol–water partition coefficient (Wildman–Crippen LogP) is 3.29. The maximum Gasteiger partial charge on any atom is 0.358 e. The number of rotatable bonds is 4. The molecule has 1 rings (SSSR count). The molecule has 1 aliphatic heterocycles. The van der Waals surface area contributed by atoms with Crippen LogP contribution in [-0.4, -0.2) is 42.1 Å². The Morgan fingerprint density at radius 2 is 1.56 bits per heavy atom. The molecule has 0 spiro atoms. The molecule has 0 saturated carbocycles. The van der Waals surface area contributed by atoms with Gasteiger partial charge in [0.2, 0.25) is 0 Å². The lowest BCUT2D eigenvalue weighted by atomic mass is 9.86. The number of hydrogen-bond acceptors (Lipinski definition) is 7. The summed E-state index contributed by atoms with van der Waals surface area (Å²) in [6.45, 7) is 11.1. The molecule has 11 heteroatoms. The van der Waals surface area contributed by atoms with Crippen molar-refractivity contribution < 1.29 is 31.6 Å². The third-order valence-electron chi connectivity index (χ3n) is 3.15. The molecule has 7 nitrogen and oxygen atoms in total. The van der Waals surface area contributed by atoms with E-state index in [-0.39, 0.29) is 13.2 Å². The Bertz CT molecular complexity index is 634. The summed E-state index contributed by atoms with van der Waals surface area (Å²) in [6, 6.07) is 0.